The second-order valence-electron chi connectivity index (χ2n) is 7.91. The lowest BCUT2D eigenvalue weighted by Crippen LogP contribution is -2.53. The van der Waals surface area contributed by atoms with Crippen LogP contribution in [0.25, 0.3) is 0 Å². The quantitative estimate of drug-likeness (QED) is 0.570. The molecule has 0 unspecified atom stereocenters. The van der Waals surface area contributed by atoms with Crippen LogP contribution in [0.2, 0.25) is 0 Å². The van der Waals surface area contributed by atoms with E-state index in [4.69, 9.17) is 0 Å². The average molecular weight is 398 g/mol. The zero-order valence-electron chi connectivity index (χ0n) is 16.5. The van der Waals surface area contributed by atoms with Crippen LogP contribution in [-0.4, -0.2) is 60.0 Å². The van der Waals surface area contributed by atoms with Crippen molar-refractivity contribution in [2.24, 2.45) is 0 Å². The molecule has 7 heteroatoms. The zero-order chi connectivity index (χ0) is 20.2. The molecule has 2 aliphatic rings. The van der Waals surface area contributed by atoms with E-state index in [-0.39, 0.29) is 16.4 Å². The summed E-state index contributed by atoms with van der Waals surface area (Å²) in [5.41, 5.74) is 1.97. The third-order valence-electron chi connectivity index (χ3n) is 6.13. The Kier molecular flexibility index (Phi) is 6.06. The molecular formula is C22H27FN4O2. The van der Waals surface area contributed by atoms with E-state index in [1.54, 1.807) is 18.2 Å². The van der Waals surface area contributed by atoms with Crippen LogP contribution in [0.3, 0.4) is 0 Å². The highest BCUT2D eigenvalue weighted by molar-refractivity contribution is 5.48. The molecule has 0 saturated carbocycles. The summed E-state index contributed by atoms with van der Waals surface area (Å²) < 4.78 is 14.0. The van der Waals surface area contributed by atoms with Crippen molar-refractivity contribution in [2.75, 3.05) is 44.2 Å². The van der Waals surface area contributed by atoms with Crippen LogP contribution in [0.15, 0.2) is 48.5 Å². The Balaban J connectivity index is 1.24. The van der Waals surface area contributed by atoms with Gasteiger partial charge < -0.3 is 4.90 Å². The molecule has 0 aliphatic carbocycles. The number of para-hydroxylation sites is 1. The second-order valence-corrected chi connectivity index (χ2v) is 7.91. The van der Waals surface area contributed by atoms with Crippen molar-refractivity contribution in [3.63, 3.8) is 0 Å². The van der Waals surface area contributed by atoms with Crippen molar-refractivity contribution in [3.8, 4) is 0 Å². The molecule has 154 valence electrons. The number of piperidine rings is 1. The van der Waals surface area contributed by atoms with Gasteiger partial charge in [-0.2, -0.15) is 0 Å². The highest BCUT2D eigenvalue weighted by Gasteiger charge is 2.28. The molecule has 2 heterocycles. The number of halogens is 1. The van der Waals surface area contributed by atoms with Gasteiger partial charge in [0, 0.05) is 50.9 Å². The predicted molar refractivity (Wildman–Crippen MR) is 112 cm³/mol. The van der Waals surface area contributed by atoms with Crippen molar-refractivity contribution >= 4 is 11.4 Å². The summed E-state index contributed by atoms with van der Waals surface area (Å²) in [4.78, 5) is 17.5. The number of likely N-dealkylation sites (tertiary alicyclic amines) is 1. The summed E-state index contributed by atoms with van der Waals surface area (Å²) in [7, 11) is 0. The summed E-state index contributed by atoms with van der Waals surface area (Å²) in [6, 6.07) is 14.5. The lowest BCUT2D eigenvalue weighted by molar-refractivity contribution is -0.384. The Morgan fingerprint density at radius 1 is 0.931 bits per heavy atom. The van der Waals surface area contributed by atoms with Crippen molar-refractivity contribution in [1.82, 2.24) is 9.80 Å². The summed E-state index contributed by atoms with van der Waals surface area (Å²) >= 11 is 0. The molecule has 2 aliphatic heterocycles. The Hall–Kier alpha value is -2.51. The van der Waals surface area contributed by atoms with Crippen molar-refractivity contribution < 1.29 is 9.31 Å². The average Bonchev–Trinajstić information content (AvgIpc) is 2.75. The standard InChI is InChI=1S/C22H27FN4O2/c23-21-3-1-2-4-22(21)26-15-13-25(14-16-26)19-9-11-24(12-10-19)17-18-5-7-20(8-6-18)27(28)29/h1-8,19H,9-17H2. The summed E-state index contributed by atoms with van der Waals surface area (Å²) in [5, 5.41) is 10.8. The molecule has 0 aromatic heterocycles. The SMILES string of the molecule is O=[N+]([O-])c1ccc(CN2CCC(N3CCN(c4ccccc4F)CC3)CC2)cc1. The number of nitro groups is 1. The van der Waals surface area contributed by atoms with E-state index in [2.05, 4.69) is 14.7 Å². The molecule has 29 heavy (non-hydrogen) atoms. The third-order valence-corrected chi connectivity index (χ3v) is 6.13. The number of benzene rings is 2. The van der Waals surface area contributed by atoms with Gasteiger partial charge in [0.25, 0.3) is 5.69 Å². The first-order valence-electron chi connectivity index (χ1n) is 10.3. The van der Waals surface area contributed by atoms with Crippen LogP contribution < -0.4 is 4.90 Å². The van der Waals surface area contributed by atoms with Gasteiger partial charge in [-0.1, -0.05) is 24.3 Å². The minimum atomic E-state index is -0.360. The Bertz CT molecular complexity index is 829. The topological polar surface area (TPSA) is 52.9 Å². The Morgan fingerprint density at radius 3 is 2.21 bits per heavy atom. The normalized spacial score (nSPS) is 19.4. The number of nitro benzene ring substituents is 1. The molecular weight excluding hydrogens is 371 g/mol. The number of hydrogen-bond acceptors (Lipinski definition) is 5. The maximum atomic E-state index is 14.0. The fourth-order valence-electron chi connectivity index (χ4n) is 4.46. The Labute approximate surface area is 170 Å². The molecule has 6 nitrogen and oxygen atoms in total. The van der Waals surface area contributed by atoms with Gasteiger partial charge in [-0.05, 0) is 43.6 Å². The van der Waals surface area contributed by atoms with E-state index in [1.807, 2.05) is 24.3 Å². The molecule has 2 fully saturated rings. The van der Waals surface area contributed by atoms with E-state index < -0.39 is 0 Å². The fourth-order valence-corrected chi connectivity index (χ4v) is 4.46. The monoisotopic (exact) mass is 398 g/mol. The summed E-state index contributed by atoms with van der Waals surface area (Å²) in [6.45, 7) is 6.59. The molecule has 0 radical (unpaired) electrons. The largest absolute Gasteiger partial charge is 0.367 e. The van der Waals surface area contributed by atoms with E-state index in [9.17, 15) is 14.5 Å². The minimum Gasteiger partial charge on any atom is -0.367 e. The summed E-state index contributed by atoms with van der Waals surface area (Å²) in [5.74, 6) is -0.138. The number of rotatable bonds is 5. The first kappa shape index (κ1) is 19.8. The Morgan fingerprint density at radius 2 is 1.59 bits per heavy atom. The maximum Gasteiger partial charge on any atom is 0.269 e. The molecule has 2 aromatic rings. The van der Waals surface area contributed by atoms with Crippen LogP contribution >= 0.6 is 0 Å². The van der Waals surface area contributed by atoms with Gasteiger partial charge in [0.2, 0.25) is 0 Å². The molecule has 2 aromatic carbocycles. The van der Waals surface area contributed by atoms with E-state index in [0.29, 0.717) is 11.7 Å². The lowest BCUT2D eigenvalue weighted by Gasteiger charge is -2.43. The van der Waals surface area contributed by atoms with Gasteiger partial charge in [0.1, 0.15) is 5.82 Å². The smallest absolute Gasteiger partial charge is 0.269 e. The number of hydrogen-bond donors (Lipinski definition) is 0. The van der Waals surface area contributed by atoms with Gasteiger partial charge in [0.15, 0.2) is 0 Å². The van der Waals surface area contributed by atoms with Crippen LogP contribution in [-0.2, 0) is 6.54 Å². The fraction of sp³-hybridized carbons (Fsp3) is 0.455. The molecule has 0 amide bonds. The maximum absolute atomic E-state index is 14.0. The predicted octanol–water partition coefficient (Wildman–Crippen LogP) is 3.52. The number of non-ortho nitro benzene ring substituents is 1. The molecule has 4 rings (SSSR count). The lowest BCUT2D eigenvalue weighted by atomic mass is 10.0. The highest BCUT2D eigenvalue weighted by Crippen LogP contribution is 2.24. The first-order chi connectivity index (χ1) is 14.1. The minimum absolute atomic E-state index is 0.138. The molecule has 0 spiro atoms. The molecule has 0 bridgehead atoms. The highest BCUT2D eigenvalue weighted by atomic mass is 19.1. The zero-order valence-corrected chi connectivity index (χ0v) is 16.5. The van der Waals surface area contributed by atoms with E-state index in [1.165, 1.54) is 6.07 Å². The molecule has 0 atom stereocenters. The summed E-state index contributed by atoms with van der Waals surface area (Å²) in [6.07, 6.45) is 2.26. The van der Waals surface area contributed by atoms with Gasteiger partial charge in [-0.15, -0.1) is 0 Å². The van der Waals surface area contributed by atoms with Gasteiger partial charge >= 0.3 is 0 Å². The third kappa shape index (κ3) is 4.74. The van der Waals surface area contributed by atoms with E-state index >= 15 is 0 Å². The second kappa shape index (κ2) is 8.88. The van der Waals surface area contributed by atoms with Crippen molar-refractivity contribution in [2.45, 2.75) is 25.4 Å². The number of nitrogens with zero attached hydrogens (tertiary/aromatic N) is 4. The van der Waals surface area contributed by atoms with Crippen LogP contribution in [0.4, 0.5) is 15.8 Å². The van der Waals surface area contributed by atoms with Crippen LogP contribution in [0, 0.1) is 15.9 Å². The van der Waals surface area contributed by atoms with Gasteiger partial charge in [-0.3, -0.25) is 19.9 Å². The van der Waals surface area contributed by atoms with E-state index in [0.717, 1.165) is 64.2 Å². The van der Waals surface area contributed by atoms with Crippen molar-refractivity contribution in [3.05, 3.63) is 70.0 Å². The van der Waals surface area contributed by atoms with Crippen LogP contribution in [0.5, 0.6) is 0 Å². The van der Waals surface area contributed by atoms with Gasteiger partial charge in [0.05, 0.1) is 10.6 Å². The molecule has 0 N–H and O–H groups in total. The number of anilines is 1. The first-order valence-corrected chi connectivity index (χ1v) is 10.3. The number of piperazine rings is 1. The van der Waals surface area contributed by atoms with Crippen LogP contribution in [0.1, 0.15) is 18.4 Å². The van der Waals surface area contributed by atoms with Gasteiger partial charge in [-0.25, -0.2) is 4.39 Å². The molecule has 2 saturated heterocycles. The van der Waals surface area contributed by atoms with Crippen molar-refractivity contribution in [1.29, 1.82) is 0 Å².